The number of hydrogen-bond donors (Lipinski definition) is 0. The summed E-state index contributed by atoms with van der Waals surface area (Å²) in [4.78, 5) is 16.6. The minimum absolute atomic E-state index is 0.0427. The molecule has 0 saturated carbocycles. The highest BCUT2D eigenvalue weighted by Gasteiger charge is 2.17. The molecule has 3 nitrogen and oxygen atoms in total. The second-order valence-electron chi connectivity index (χ2n) is 3.90. The molecule has 94 valence electrons. The first-order valence-electron chi connectivity index (χ1n) is 5.64. The van der Waals surface area contributed by atoms with Crippen LogP contribution in [-0.2, 0) is 6.54 Å². The standard InChI is InChI=1S/C13H12BrIN2O/c1-2-6-17-7-5-16-13(17)12(18)10-8-9(15)3-4-11(10)14/h3-5,7-8H,2,6H2,1H3. The molecule has 1 heterocycles. The van der Waals surface area contributed by atoms with E-state index in [0.717, 1.165) is 21.0 Å². The van der Waals surface area contributed by atoms with Crippen molar-refractivity contribution < 1.29 is 4.79 Å². The number of benzene rings is 1. The van der Waals surface area contributed by atoms with Crippen LogP contribution in [0, 0.1) is 3.57 Å². The van der Waals surface area contributed by atoms with Gasteiger partial charge in [0.15, 0.2) is 5.82 Å². The second-order valence-corrected chi connectivity index (χ2v) is 6.00. The number of aromatic nitrogens is 2. The van der Waals surface area contributed by atoms with Crippen LogP contribution in [0.2, 0.25) is 0 Å². The topological polar surface area (TPSA) is 34.9 Å². The molecule has 18 heavy (non-hydrogen) atoms. The summed E-state index contributed by atoms with van der Waals surface area (Å²) in [5.41, 5.74) is 0.658. The molecule has 5 heteroatoms. The molecule has 1 aromatic heterocycles. The van der Waals surface area contributed by atoms with E-state index in [2.05, 4.69) is 50.4 Å². The normalized spacial score (nSPS) is 10.6. The monoisotopic (exact) mass is 418 g/mol. The van der Waals surface area contributed by atoms with Crippen LogP contribution in [0.5, 0.6) is 0 Å². The van der Waals surface area contributed by atoms with Crippen molar-refractivity contribution in [3.05, 3.63) is 50.0 Å². The summed E-state index contributed by atoms with van der Waals surface area (Å²) >= 11 is 5.62. The van der Waals surface area contributed by atoms with Crippen molar-refractivity contribution in [2.24, 2.45) is 0 Å². The van der Waals surface area contributed by atoms with Crippen LogP contribution in [0.15, 0.2) is 35.1 Å². The molecular weight excluding hydrogens is 407 g/mol. The molecule has 0 atom stereocenters. The lowest BCUT2D eigenvalue weighted by molar-refractivity contribution is 0.102. The lowest BCUT2D eigenvalue weighted by atomic mass is 10.1. The SMILES string of the molecule is CCCn1ccnc1C(=O)c1cc(I)ccc1Br. The van der Waals surface area contributed by atoms with E-state index >= 15 is 0 Å². The third-order valence-corrected chi connectivity index (χ3v) is 3.92. The Bertz CT molecular complexity index is 580. The lowest BCUT2D eigenvalue weighted by Crippen LogP contribution is -2.12. The van der Waals surface area contributed by atoms with E-state index in [1.807, 2.05) is 29.0 Å². The molecule has 0 amide bonds. The number of carbonyl (C=O) groups is 1. The summed E-state index contributed by atoms with van der Waals surface area (Å²) in [7, 11) is 0. The van der Waals surface area contributed by atoms with Crippen molar-refractivity contribution in [2.45, 2.75) is 19.9 Å². The summed E-state index contributed by atoms with van der Waals surface area (Å²) in [6.45, 7) is 2.89. The molecule has 0 N–H and O–H groups in total. The number of nitrogens with zero attached hydrogens (tertiary/aromatic N) is 2. The smallest absolute Gasteiger partial charge is 0.229 e. The molecule has 2 aromatic rings. The van der Waals surface area contributed by atoms with Gasteiger partial charge in [-0.1, -0.05) is 22.9 Å². The van der Waals surface area contributed by atoms with Crippen molar-refractivity contribution in [1.29, 1.82) is 0 Å². The molecule has 0 unspecified atom stereocenters. The van der Waals surface area contributed by atoms with E-state index in [1.54, 1.807) is 6.20 Å². The molecule has 0 radical (unpaired) electrons. The number of ketones is 1. The Morgan fingerprint density at radius 2 is 2.28 bits per heavy atom. The van der Waals surface area contributed by atoms with Crippen LogP contribution in [-0.4, -0.2) is 15.3 Å². The van der Waals surface area contributed by atoms with Gasteiger partial charge in [0.25, 0.3) is 0 Å². The fourth-order valence-corrected chi connectivity index (χ4v) is 2.65. The average molecular weight is 419 g/mol. The number of aryl methyl sites for hydroxylation is 1. The first kappa shape index (κ1) is 13.7. The van der Waals surface area contributed by atoms with E-state index in [1.165, 1.54) is 0 Å². The second kappa shape index (κ2) is 5.97. The first-order chi connectivity index (χ1) is 8.63. The maximum atomic E-state index is 12.5. The van der Waals surface area contributed by atoms with Gasteiger partial charge in [0.2, 0.25) is 5.78 Å². The Kier molecular flexibility index (Phi) is 4.55. The van der Waals surface area contributed by atoms with E-state index in [4.69, 9.17) is 0 Å². The molecule has 0 saturated heterocycles. The fraction of sp³-hybridized carbons (Fsp3) is 0.231. The van der Waals surface area contributed by atoms with Crippen molar-refractivity contribution in [2.75, 3.05) is 0 Å². The van der Waals surface area contributed by atoms with Gasteiger partial charge in [-0.05, 0) is 47.2 Å². The molecule has 2 rings (SSSR count). The minimum atomic E-state index is -0.0427. The first-order valence-corrected chi connectivity index (χ1v) is 7.51. The van der Waals surface area contributed by atoms with Gasteiger partial charge in [0.1, 0.15) is 0 Å². The molecule has 0 bridgehead atoms. The van der Waals surface area contributed by atoms with Crippen molar-refractivity contribution in [3.8, 4) is 0 Å². The maximum absolute atomic E-state index is 12.5. The fourth-order valence-electron chi connectivity index (χ4n) is 1.73. The number of hydrogen-bond acceptors (Lipinski definition) is 2. The molecule has 1 aromatic carbocycles. The van der Waals surface area contributed by atoms with Crippen molar-refractivity contribution in [1.82, 2.24) is 9.55 Å². The van der Waals surface area contributed by atoms with E-state index in [0.29, 0.717) is 11.4 Å². The number of imidazole rings is 1. The van der Waals surface area contributed by atoms with E-state index < -0.39 is 0 Å². The average Bonchev–Trinajstić information content (AvgIpc) is 2.80. The number of carbonyl (C=O) groups excluding carboxylic acids is 1. The van der Waals surface area contributed by atoms with Gasteiger partial charge >= 0.3 is 0 Å². The summed E-state index contributed by atoms with van der Waals surface area (Å²) in [6, 6.07) is 5.72. The number of halogens is 2. The zero-order valence-electron chi connectivity index (χ0n) is 9.86. The Balaban J connectivity index is 2.41. The predicted octanol–water partition coefficient (Wildman–Crippen LogP) is 3.89. The number of rotatable bonds is 4. The van der Waals surface area contributed by atoms with Crippen LogP contribution < -0.4 is 0 Å². The van der Waals surface area contributed by atoms with E-state index in [-0.39, 0.29) is 5.78 Å². The third kappa shape index (κ3) is 2.83. The van der Waals surface area contributed by atoms with Gasteiger partial charge in [0.05, 0.1) is 0 Å². The summed E-state index contributed by atoms with van der Waals surface area (Å²) < 4.78 is 3.74. The van der Waals surface area contributed by atoms with Gasteiger partial charge in [0, 0.05) is 32.5 Å². The van der Waals surface area contributed by atoms with Crippen molar-refractivity contribution >= 4 is 44.3 Å². The summed E-state index contributed by atoms with van der Waals surface area (Å²) in [5, 5.41) is 0. The highest BCUT2D eigenvalue weighted by Crippen LogP contribution is 2.22. The molecule has 0 fully saturated rings. The lowest BCUT2D eigenvalue weighted by Gasteiger charge is -2.07. The Morgan fingerprint density at radius 1 is 1.50 bits per heavy atom. The Hall–Kier alpha value is -0.690. The van der Waals surface area contributed by atoms with Gasteiger partial charge in [-0.25, -0.2) is 4.98 Å². The van der Waals surface area contributed by atoms with Crippen LogP contribution in [0.1, 0.15) is 29.5 Å². The largest absolute Gasteiger partial charge is 0.328 e. The maximum Gasteiger partial charge on any atom is 0.229 e. The quantitative estimate of drug-likeness (QED) is 0.557. The Morgan fingerprint density at radius 3 is 3.00 bits per heavy atom. The molecule has 0 aliphatic heterocycles. The summed E-state index contributed by atoms with van der Waals surface area (Å²) in [5.74, 6) is 0.457. The third-order valence-electron chi connectivity index (χ3n) is 2.56. The predicted molar refractivity (Wildman–Crippen MR) is 82.8 cm³/mol. The van der Waals surface area contributed by atoms with Gasteiger partial charge < -0.3 is 4.57 Å². The molecule has 0 spiro atoms. The highest BCUT2D eigenvalue weighted by molar-refractivity contribution is 14.1. The zero-order valence-corrected chi connectivity index (χ0v) is 13.6. The zero-order chi connectivity index (χ0) is 13.1. The van der Waals surface area contributed by atoms with Crippen LogP contribution >= 0.6 is 38.5 Å². The minimum Gasteiger partial charge on any atom is -0.328 e. The van der Waals surface area contributed by atoms with Gasteiger partial charge in [-0.3, -0.25) is 4.79 Å². The van der Waals surface area contributed by atoms with E-state index in [9.17, 15) is 4.79 Å². The highest BCUT2D eigenvalue weighted by atomic mass is 127. The Labute approximate surface area is 128 Å². The summed E-state index contributed by atoms with van der Waals surface area (Å²) in [6.07, 6.45) is 4.49. The van der Waals surface area contributed by atoms with Crippen LogP contribution in [0.4, 0.5) is 0 Å². The van der Waals surface area contributed by atoms with Gasteiger partial charge in [-0.2, -0.15) is 0 Å². The van der Waals surface area contributed by atoms with Gasteiger partial charge in [-0.15, -0.1) is 0 Å². The molecule has 0 aliphatic carbocycles. The van der Waals surface area contributed by atoms with Crippen LogP contribution in [0.25, 0.3) is 0 Å². The molecular formula is C13H12BrIN2O. The van der Waals surface area contributed by atoms with Crippen LogP contribution in [0.3, 0.4) is 0 Å². The van der Waals surface area contributed by atoms with Crippen molar-refractivity contribution in [3.63, 3.8) is 0 Å². The molecule has 0 aliphatic rings.